The first-order chi connectivity index (χ1) is 9.05. The Morgan fingerprint density at radius 3 is 2.68 bits per heavy atom. The van der Waals surface area contributed by atoms with Gasteiger partial charge in [0.15, 0.2) is 5.84 Å². The second-order valence-electron chi connectivity index (χ2n) is 5.74. The van der Waals surface area contributed by atoms with Gasteiger partial charge in [-0.15, -0.1) is 0 Å². The van der Waals surface area contributed by atoms with Crippen molar-refractivity contribution in [1.29, 1.82) is 0 Å². The van der Waals surface area contributed by atoms with E-state index in [1.807, 2.05) is 4.90 Å². The van der Waals surface area contributed by atoms with Crippen LogP contribution in [0.15, 0.2) is 5.16 Å². The molecule has 2 aliphatic rings. The number of hydrogen-bond donors (Lipinski definition) is 2. The van der Waals surface area contributed by atoms with E-state index in [1.54, 1.807) is 0 Å². The average molecular weight is 268 g/mol. The third kappa shape index (κ3) is 2.54. The second kappa shape index (κ2) is 5.36. The van der Waals surface area contributed by atoms with Crippen molar-refractivity contribution in [3.8, 4) is 0 Å². The topological polar surface area (TPSA) is 82.2 Å². The summed E-state index contributed by atoms with van der Waals surface area (Å²) in [7, 11) is 2.09. The normalized spacial score (nSPS) is 28.0. The van der Waals surface area contributed by atoms with Crippen LogP contribution in [0.3, 0.4) is 0 Å². The largest absolute Gasteiger partial charge is 0.409 e. The summed E-state index contributed by atoms with van der Waals surface area (Å²) in [5, 5.41) is 11.9. The highest BCUT2D eigenvalue weighted by molar-refractivity contribution is 6.09. The molecular weight excluding hydrogens is 244 g/mol. The van der Waals surface area contributed by atoms with Crippen molar-refractivity contribution in [2.75, 3.05) is 26.7 Å². The summed E-state index contributed by atoms with van der Waals surface area (Å²) in [4.78, 5) is 17.0. The molecule has 2 fully saturated rings. The number of carbonyl (C=O) groups is 1. The van der Waals surface area contributed by atoms with E-state index >= 15 is 0 Å². The molecule has 6 heteroatoms. The standard InChI is InChI=1S/C13H24N4O2/c1-3-10-9-16(2)7-4-8-17(10)12(18)13(5-6-13)11(14)15-19/h10,19H,3-9H2,1-2H3,(H2,14,15). The average Bonchev–Trinajstić information content (AvgIpc) is 3.21. The van der Waals surface area contributed by atoms with E-state index in [2.05, 4.69) is 24.0 Å². The Hall–Kier alpha value is -1.30. The van der Waals surface area contributed by atoms with Crippen LogP contribution in [0, 0.1) is 5.41 Å². The zero-order valence-electron chi connectivity index (χ0n) is 11.8. The lowest BCUT2D eigenvalue weighted by Crippen LogP contribution is -2.49. The molecule has 0 radical (unpaired) electrons. The van der Waals surface area contributed by atoms with E-state index in [1.165, 1.54) is 0 Å². The summed E-state index contributed by atoms with van der Waals surface area (Å²) < 4.78 is 0. The highest BCUT2D eigenvalue weighted by Crippen LogP contribution is 2.48. The number of hydrogen-bond acceptors (Lipinski definition) is 4. The second-order valence-corrected chi connectivity index (χ2v) is 5.74. The third-order valence-electron chi connectivity index (χ3n) is 4.39. The van der Waals surface area contributed by atoms with E-state index in [4.69, 9.17) is 10.9 Å². The van der Waals surface area contributed by atoms with Gasteiger partial charge in [-0.05, 0) is 39.3 Å². The Morgan fingerprint density at radius 2 is 2.16 bits per heavy atom. The van der Waals surface area contributed by atoms with Crippen molar-refractivity contribution >= 4 is 11.7 Å². The number of rotatable bonds is 3. The van der Waals surface area contributed by atoms with Crippen molar-refractivity contribution in [2.24, 2.45) is 16.3 Å². The molecule has 1 aliphatic heterocycles. The molecule has 1 unspecified atom stereocenters. The van der Waals surface area contributed by atoms with E-state index in [-0.39, 0.29) is 17.8 Å². The van der Waals surface area contributed by atoms with Crippen molar-refractivity contribution in [3.63, 3.8) is 0 Å². The summed E-state index contributed by atoms with van der Waals surface area (Å²) in [6.45, 7) is 4.78. The molecule has 1 amide bonds. The maximum atomic E-state index is 12.7. The smallest absolute Gasteiger partial charge is 0.236 e. The lowest BCUT2D eigenvalue weighted by Gasteiger charge is -2.33. The SMILES string of the molecule is CCC1CN(C)CCCN1C(=O)C1(C(N)=NO)CC1. The molecule has 6 nitrogen and oxygen atoms in total. The molecule has 0 aromatic carbocycles. The summed E-state index contributed by atoms with van der Waals surface area (Å²) in [5.41, 5.74) is 5.00. The van der Waals surface area contributed by atoms with Crippen LogP contribution in [0.1, 0.15) is 32.6 Å². The number of oxime groups is 1. The lowest BCUT2D eigenvalue weighted by molar-refractivity contribution is -0.136. The highest BCUT2D eigenvalue weighted by Gasteiger charge is 2.56. The molecule has 19 heavy (non-hydrogen) atoms. The Morgan fingerprint density at radius 1 is 1.47 bits per heavy atom. The van der Waals surface area contributed by atoms with E-state index in [0.29, 0.717) is 12.8 Å². The quantitative estimate of drug-likeness (QED) is 0.337. The van der Waals surface area contributed by atoms with Crippen LogP contribution in [0.4, 0.5) is 0 Å². The molecule has 1 saturated heterocycles. The fraction of sp³-hybridized carbons (Fsp3) is 0.846. The maximum absolute atomic E-state index is 12.7. The van der Waals surface area contributed by atoms with Crippen molar-refractivity contribution in [1.82, 2.24) is 9.80 Å². The predicted octanol–water partition coefficient (Wildman–Crippen LogP) is 0.456. The van der Waals surface area contributed by atoms with Crippen LogP contribution >= 0.6 is 0 Å². The van der Waals surface area contributed by atoms with Gasteiger partial charge in [-0.2, -0.15) is 0 Å². The number of likely N-dealkylation sites (N-methyl/N-ethyl adjacent to an activating group) is 1. The number of nitrogens with two attached hydrogens (primary N) is 1. The Labute approximate surface area is 114 Å². The number of nitrogens with zero attached hydrogens (tertiary/aromatic N) is 3. The minimum atomic E-state index is -0.717. The van der Waals surface area contributed by atoms with Crippen molar-refractivity contribution in [2.45, 2.75) is 38.6 Å². The first-order valence-corrected chi connectivity index (χ1v) is 7.02. The molecule has 1 atom stereocenters. The summed E-state index contributed by atoms with van der Waals surface area (Å²) in [5.74, 6) is 0.120. The van der Waals surface area contributed by atoms with Crippen LogP contribution in [0.25, 0.3) is 0 Å². The van der Waals surface area contributed by atoms with E-state index in [9.17, 15) is 4.79 Å². The number of amides is 1. The van der Waals surface area contributed by atoms with Gasteiger partial charge in [0.1, 0.15) is 5.41 Å². The minimum absolute atomic E-state index is 0.0463. The van der Waals surface area contributed by atoms with Crippen LogP contribution in [0.5, 0.6) is 0 Å². The van der Waals surface area contributed by atoms with Crippen LogP contribution in [0.2, 0.25) is 0 Å². The molecular formula is C13H24N4O2. The van der Waals surface area contributed by atoms with Gasteiger partial charge >= 0.3 is 0 Å². The molecule has 1 aliphatic carbocycles. The molecule has 3 N–H and O–H groups in total. The van der Waals surface area contributed by atoms with Gasteiger partial charge in [-0.25, -0.2) is 0 Å². The molecule has 0 spiro atoms. The fourth-order valence-corrected chi connectivity index (χ4v) is 2.94. The summed E-state index contributed by atoms with van der Waals surface area (Å²) >= 11 is 0. The van der Waals surface area contributed by atoms with E-state index < -0.39 is 5.41 Å². The third-order valence-corrected chi connectivity index (χ3v) is 4.39. The van der Waals surface area contributed by atoms with Crippen LogP contribution in [-0.4, -0.2) is 59.5 Å². The van der Waals surface area contributed by atoms with Gasteiger partial charge < -0.3 is 20.7 Å². The van der Waals surface area contributed by atoms with Crippen molar-refractivity contribution in [3.05, 3.63) is 0 Å². The Kier molecular flexibility index (Phi) is 3.99. The zero-order valence-corrected chi connectivity index (χ0v) is 11.8. The first kappa shape index (κ1) is 14.1. The lowest BCUT2D eigenvalue weighted by atomic mass is 10.0. The molecule has 0 aromatic rings. The number of amidine groups is 1. The molecule has 2 rings (SSSR count). The van der Waals surface area contributed by atoms with Gasteiger partial charge in [0.05, 0.1) is 0 Å². The Balaban J connectivity index is 2.17. The van der Waals surface area contributed by atoms with Gasteiger partial charge in [0.25, 0.3) is 0 Å². The zero-order chi connectivity index (χ0) is 14.0. The van der Waals surface area contributed by atoms with Gasteiger partial charge in [-0.1, -0.05) is 12.1 Å². The monoisotopic (exact) mass is 268 g/mol. The molecule has 1 saturated carbocycles. The molecule has 1 heterocycles. The van der Waals surface area contributed by atoms with Crippen LogP contribution < -0.4 is 5.73 Å². The summed E-state index contributed by atoms with van der Waals surface area (Å²) in [6.07, 6.45) is 3.31. The minimum Gasteiger partial charge on any atom is -0.409 e. The molecule has 108 valence electrons. The highest BCUT2D eigenvalue weighted by atomic mass is 16.4. The fourth-order valence-electron chi connectivity index (χ4n) is 2.94. The molecule has 0 bridgehead atoms. The number of carbonyl (C=O) groups excluding carboxylic acids is 1. The maximum Gasteiger partial charge on any atom is 0.236 e. The van der Waals surface area contributed by atoms with Crippen molar-refractivity contribution < 1.29 is 10.0 Å². The van der Waals surface area contributed by atoms with Crippen LogP contribution in [-0.2, 0) is 4.79 Å². The molecule has 0 aromatic heterocycles. The van der Waals surface area contributed by atoms with E-state index in [0.717, 1.165) is 32.5 Å². The first-order valence-electron chi connectivity index (χ1n) is 7.02. The van der Waals surface area contributed by atoms with Gasteiger partial charge in [0, 0.05) is 19.1 Å². The predicted molar refractivity (Wildman–Crippen MR) is 73.0 cm³/mol. The Bertz CT molecular complexity index is 379. The van der Waals surface area contributed by atoms with Gasteiger partial charge in [-0.3, -0.25) is 4.79 Å². The summed E-state index contributed by atoms with van der Waals surface area (Å²) in [6, 6.07) is 0.226. The van der Waals surface area contributed by atoms with Gasteiger partial charge in [0.2, 0.25) is 5.91 Å².